The maximum Gasteiger partial charge on any atom is 0.183 e. The second kappa shape index (κ2) is 6.62. The summed E-state index contributed by atoms with van der Waals surface area (Å²) in [6.07, 6.45) is 9.28. The molecule has 0 aromatic carbocycles. The highest BCUT2D eigenvalue weighted by molar-refractivity contribution is 6.10. The molecule has 8 nitrogen and oxygen atoms in total. The number of nitrogens with one attached hydrogen (secondary N) is 2. The average Bonchev–Trinajstić information content (AvgIpc) is 3.32. The van der Waals surface area contributed by atoms with Gasteiger partial charge in [0.2, 0.25) is 0 Å². The minimum absolute atomic E-state index is 0.0210. The molecule has 0 aliphatic carbocycles. The summed E-state index contributed by atoms with van der Waals surface area (Å²) in [5.74, 6) is 0.532. The number of pyridine rings is 2. The fourth-order valence-corrected chi connectivity index (χ4v) is 3.75. The molecule has 1 saturated heterocycles. The van der Waals surface area contributed by atoms with Crippen LogP contribution >= 0.6 is 0 Å². The minimum atomic E-state index is 0.0210. The summed E-state index contributed by atoms with van der Waals surface area (Å²) >= 11 is 0. The van der Waals surface area contributed by atoms with Crippen LogP contribution in [-0.4, -0.2) is 43.9 Å². The van der Waals surface area contributed by atoms with Crippen LogP contribution in [0.15, 0.2) is 30.9 Å². The molecule has 1 aliphatic heterocycles. The van der Waals surface area contributed by atoms with Gasteiger partial charge in [-0.05, 0) is 25.5 Å². The molecule has 1 atom stereocenters. The number of hydrogen-bond acceptors (Lipinski definition) is 6. The summed E-state index contributed by atoms with van der Waals surface area (Å²) in [4.78, 5) is 12.2. The van der Waals surface area contributed by atoms with Gasteiger partial charge in [0.15, 0.2) is 11.4 Å². The molecule has 28 heavy (non-hydrogen) atoms. The second-order valence-electron chi connectivity index (χ2n) is 7.07. The highest BCUT2D eigenvalue weighted by Crippen LogP contribution is 2.36. The lowest BCUT2D eigenvalue weighted by molar-refractivity contribution is 0.168. The van der Waals surface area contributed by atoms with E-state index in [9.17, 15) is 5.26 Å². The fraction of sp³-hybridized carbons (Fsp3) is 0.300. The van der Waals surface area contributed by atoms with Gasteiger partial charge in [-0.3, -0.25) is 4.68 Å². The normalized spacial score (nSPS) is 17.1. The summed E-state index contributed by atoms with van der Waals surface area (Å²) in [6.45, 7) is 1.77. The van der Waals surface area contributed by atoms with E-state index in [0.29, 0.717) is 11.4 Å². The third-order valence-corrected chi connectivity index (χ3v) is 5.12. The van der Waals surface area contributed by atoms with E-state index >= 15 is 0 Å². The van der Waals surface area contributed by atoms with Gasteiger partial charge in [0.05, 0.1) is 23.3 Å². The topological polar surface area (TPSA) is 104 Å². The number of piperidine rings is 1. The highest BCUT2D eigenvalue weighted by atomic mass is 16.5. The lowest BCUT2D eigenvalue weighted by Gasteiger charge is -2.24. The molecule has 5 heterocycles. The molecule has 4 aromatic rings. The quantitative estimate of drug-likeness (QED) is 0.572. The third-order valence-electron chi connectivity index (χ3n) is 5.12. The molecule has 1 fully saturated rings. The number of rotatable bonds is 3. The molecule has 0 unspecified atom stereocenters. The molecule has 0 spiro atoms. The van der Waals surface area contributed by atoms with Gasteiger partial charge in [0.25, 0.3) is 0 Å². The molecule has 4 aromatic heterocycles. The van der Waals surface area contributed by atoms with Crippen LogP contribution in [0.4, 0.5) is 0 Å². The number of aromatic nitrogens is 5. The van der Waals surface area contributed by atoms with Crippen molar-refractivity contribution in [2.24, 2.45) is 7.05 Å². The van der Waals surface area contributed by atoms with Crippen LogP contribution in [0, 0.1) is 11.3 Å². The van der Waals surface area contributed by atoms with Crippen LogP contribution in [0.1, 0.15) is 18.5 Å². The second-order valence-corrected chi connectivity index (χ2v) is 7.07. The Balaban J connectivity index is 1.70. The number of nitrogens with zero attached hydrogens (tertiary/aromatic N) is 5. The van der Waals surface area contributed by atoms with E-state index in [4.69, 9.17) is 4.74 Å². The largest absolute Gasteiger partial charge is 0.485 e. The van der Waals surface area contributed by atoms with Crippen LogP contribution in [0.3, 0.4) is 0 Å². The van der Waals surface area contributed by atoms with Crippen molar-refractivity contribution in [3.8, 4) is 22.9 Å². The first-order chi connectivity index (χ1) is 13.7. The first kappa shape index (κ1) is 16.7. The van der Waals surface area contributed by atoms with E-state index < -0.39 is 0 Å². The van der Waals surface area contributed by atoms with Crippen LogP contribution in [0.2, 0.25) is 0 Å². The molecular formula is C20H19N7O. The van der Waals surface area contributed by atoms with E-state index in [1.165, 1.54) is 0 Å². The molecule has 2 N–H and O–H groups in total. The number of hydrogen-bond donors (Lipinski definition) is 2. The maximum absolute atomic E-state index is 9.61. The maximum atomic E-state index is 9.61. The zero-order valence-corrected chi connectivity index (χ0v) is 15.4. The third kappa shape index (κ3) is 2.77. The molecule has 0 amide bonds. The van der Waals surface area contributed by atoms with Crippen molar-refractivity contribution >= 4 is 21.9 Å². The van der Waals surface area contributed by atoms with E-state index in [1.807, 2.05) is 25.6 Å². The van der Waals surface area contributed by atoms with Gasteiger partial charge >= 0.3 is 0 Å². The molecule has 5 rings (SSSR count). The molecule has 0 saturated carbocycles. The van der Waals surface area contributed by atoms with E-state index in [0.717, 1.165) is 59.0 Å². The number of nitriles is 1. The van der Waals surface area contributed by atoms with Crippen LogP contribution in [0.5, 0.6) is 5.75 Å². The molecule has 0 radical (unpaired) electrons. The number of ether oxygens (including phenoxy) is 1. The van der Waals surface area contributed by atoms with Gasteiger partial charge in [-0.25, -0.2) is 9.97 Å². The number of aromatic amines is 1. The fourth-order valence-electron chi connectivity index (χ4n) is 3.75. The van der Waals surface area contributed by atoms with Gasteiger partial charge in [-0.2, -0.15) is 10.4 Å². The van der Waals surface area contributed by atoms with Crippen LogP contribution < -0.4 is 10.1 Å². The summed E-state index contributed by atoms with van der Waals surface area (Å²) in [5.41, 5.74) is 3.79. The Hall–Kier alpha value is -3.44. The summed E-state index contributed by atoms with van der Waals surface area (Å²) in [5, 5.41) is 19.0. The Bertz CT molecular complexity index is 1210. The molecule has 8 heteroatoms. The van der Waals surface area contributed by atoms with Gasteiger partial charge in [-0.1, -0.05) is 0 Å². The van der Waals surface area contributed by atoms with Gasteiger partial charge in [-0.15, -0.1) is 0 Å². The first-order valence-electron chi connectivity index (χ1n) is 9.30. The lowest BCUT2D eigenvalue weighted by Crippen LogP contribution is -2.37. The van der Waals surface area contributed by atoms with Gasteiger partial charge in [0, 0.05) is 42.5 Å². The molecule has 1 aliphatic rings. The smallest absolute Gasteiger partial charge is 0.183 e. The Morgan fingerprint density at radius 3 is 2.93 bits per heavy atom. The first-order valence-corrected chi connectivity index (χ1v) is 9.30. The molecular weight excluding hydrogens is 354 g/mol. The predicted octanol–water partition coefficient (Wildman–Crippen LogP) is 2.51. The number of aryl methyl sites for hydroxylation is 1. The zero-order valence-electron chi connectivity index (χ0n) is 15.4. The van der Waals surface area contributed by atoms with Crippen LogP contribution in [0.25, 0.3) is 33.1 Å². The minimum Gasteiger partial charge on any atom is -0.485 e. The van der Waals surface area contributed by atoms with Gasteiger partial charge < -0.3 is 15.0 Å². The number of fused-ring (bicyclic) bond motifs is 3. The highest BCUT2D eigenvalue weighted by Gasteiger charge is 2.22. The average molecular weight is 373 g/mol. The Kier molecular flexibility index (Phi) is 3.95. The molecule has 140 valence electrons. The van der Waals surface area contributed by atoms with Crippen molar-refractivity contribution in [1.82, 2.24) is 30.0 Å². The predicted molar refractivity (Wildman–Crippen MR) is 105 cm³/mol. The van der Waals surface area contributed by atoms with Crippen LogP contribution in [-0.2, 0) is 7.05 Å². The number of H-pyrrole nitrogens is 1. The van der Waals surface area contributed by atoms with Crippen molar-refractivity contribution in [2.45, 2.75) is 18.9 Å². The monoisotopic (exact) mass is 373 g/mol. The Morgan fingerprint density at radius 1 is 1.25 bits per heavy atom. The van der Waals surface area contributed by atoms with Crippen molar-refractivity contribution in [2.75, 3.05) is 13.1 Å². The zero-order chi connectivity index (χ0) is 19.1. The van der Waals surface area contributed by atoms with Gasteiger partial charge in [0.1, 0.15) is 17.8 Å². The summed E-state index contributed by atoms with van der Waals surface area (Å²) in [7, 11) is 1.89. The van der Waals surface area contributed by atoms with E-state index in [-0.39, 0.29) is 6.10 Å². The summed E-state index contributed by atoms with van der Waals surface area (Å²) < 4.78 is 8.06. The van der Waals surface area contributed by atoms with Crippen molar-refractivity contribution < 1.29 is 4.74 Å². The SMILES string of the molecule is Cn1cc(-c2cnc3[nH]c4cnc(C#N)c(O[C@H]5CCCNC5)c4c3c2)cn1. The lowest BCUT2D eigenvalue weighted by atomic mass is 10.1. The Labute approximate surface area is 161 Å². The molecule has 0 bridgehead atoms. The van der Waals surface area contributed by atoms with E-state index in [1.54, 1.807) is 10.9 Å². The van der Waals surface area contributed by atoms with Crippen molar-refractivity contribution in [1.29, 1.82) is 5.26 Å². The van der Waals surface area contributed by atoms with E-state index in [2.05, 4.69) is 37.5 Å². The van der Waals surface area contributed by atoms with Crippen molar-refractivity contribution in [3.63, 3.8) is 0 Å². The van der Waals surface area contributed by atoms with Crippen molar-refractivity contribution in [3.05, 3.63) is 36.5 Å². The summed E-state index contributed by atoms with van der Waals surface area (Å²) in [6, 6.07) is 4.24. The standard InChI is InChI=1S/C20H19N7O/c1-27-11-13(8-25-27)12-5-15-18-17(26-20(15)24-7-12)10-23-16(6-21)19(18)28-14-3-2-4-22-9-14/h5,7-8,10-11,14,22H,2-4,9H2,1H3,(H,24,26)/t14-/m0/s1. The Morgan fingerprint density at radius 2 is 2.18 bits per heavy atom.